The summed E-state index contributed by atoms with van der Waals surface area (Å²) < 4.78 is 11.2. The minimum Gasteiger partial charge on any atom is -0.489 e. The molecule has 1 fully saturated rings. The van der Waals surface area contributed by atoms with Gasteiger partial charge in [0.1, 0.15) is 17.9 Å². The molecule has 0 N–H and O–H groups in total. The highest BCUT2D eigenvalue weighted by Crippen LogP contribution is 2.25. The van der Waals surface area contributed by atoms with E-state index < -0.39 is 5.63 Å². The van der Waals surface area contributed by atoms with Crippen LogP contribution in [0.3, 0.4) is 0 Å². The van der Waals surface area contributed by atoms with Crippen LogP contribution in [0.15, 0.2) is 64.1 Å². The summed E-state index contributed by atoms with van der Waals surface area (Å²) in [5.74, 6) is 0.577. The molecule has 7 nitrogen and oxygen atoms in total. The third kappa shape index (κ3) is 5.72. The third-order valence-corrected chi connectivity index (χ3v) is 6.26. The first-order valence-corrected chi connectivity index (χ1v) is 11.6. The largest absolute Gasteiger partial charge is 0.489 e. The highest BCUT2D eigenvalue weighted by molar-refractivity contribution is 5.85. The topological polar surface area (TPSA) is 75.9 Å². The number of aromatic nitrogens is 1. The smallest absolute Gasteiger partial charge is 0.340 e. The molecule has 2 aromatic heterocycles. The zero-order chi connectivity index (χ0) is 24.1. The number of pyridine rings is 1. The first-order valence-electron chi connectivity index (χ1n) is 11.6. The molecule has 3 heterocycles. The van der Waals surface area contributed by atoms with Crippen molar-refractivity contribution in [3.05, 3.63) is 82.0 Å². The summed E-state index contributed by atoms with van der Waals surface area (Å²) in [5.41, 5.74) is 3.37. The fourth-order valence-corrected chi connectivity index (χ4v) is 4.20. The van der Waals surface area contributed by atoms with Crippen LogP contribution < -0.4 is 10.4 Å². The summed E-state index contributed by atoms with van der Waals surface area (Å²) >= 11 is 0. The maximum absolute atomic E-state index is 13.0. The molecular weight excluding hydrogens is 430 g/mol. The van der Waals surface area contributed by atoms with Crippen molar-refractivity contribution < 1.29 is 13.9 Å². The van der Waals surface area contributed by atoms with E-state index in [1.807, 2.05) is 55.4 Å². The van der Waals surface area contributed by atoms with Crippen LogP contribution in [0.2, 0.25) is 0 Å². The summed E-state index contributed by atoms with van der Waals surface area (Å²) in [7, 11) is 0. The minimum atomic E-state index is -0.466. The zero-order valence-electron chi connectivity index (χ0n) is 19.9. The van der Waals surface area contributed by atoms with Crippen molar-refractivity contribution in [3.8, 4) is 5.75 Å². The Morgan fingerprint density at radius 2 is 1.88 bits per heavy atom. The number of rotatable bonds is 8. The molecule has 0 unspecified atom stereocenters. The Kier molecular flexibility index (Phi) is 7.43. The van der Waals surface area contributed by atoms with Gasteiger partial charge in [0.05, 0.1) is 12.0 Å². The lowest BCUT2D eigenvalue weighted by Crippen LogP contribution is -2.49. The Bertz CT molecular complexity index is 1230. The summed E-state index contributed by atoms with van der Waals surface area (Å²) in [6.45, 7) is 11.9. The van der Waals surface area contributed by atoms with Gasteiger partial charge in [-0.25, -0.2) is 4.79 Å². The molecule has 1 saturated heterocycles. The number of carbonyl (C=O) groups excluding carboxylic acids is 1. The Balaban J connectivity index is 1.37. The molecule has 178 valence electrons. The molecule has 1 aromatic carbocycles. The molecule has 7 heteroatoms. The standard InChI is InChI=1S/C27H31N3O4/c1-19(2)18-33-22-4-5-23-20(3)24(27(32)34-25(23)16-22)17-26(31)30-14-12-29(13-15-30)11-8-21-6-9-28-10-7-21/h4-7,9-10,16H,1,8,11-15,17-18H2,2-3H3. The van der Waals surface area contributed by atoms with Crippen LogP contribution in [0, 0.1) is 6.92 Å². The Morgan fingerprint density at radius 1 is 1.15 bits per heavy atom. The number of carbonyl (C=O) groups is 1. The normalized spacial score (nSPS) is 14.4. The van der Waals surface area contributed by atoms with Gasteiger partial charge in [-0.05, 0) is 61.2 Å². The van der Waals surface area contributed by atoms with Crippen LogP contribution in [-0.2, 0) is 17.6 Å². The van der Waals surface area contributed by atoms with Gasteiger partial charge in [-0.2, -0.15) is 0 Å². The molecule has 3 aromatic rings. The number of hydrogen-bond acceptors (Lipinski definition) is 6. The lowest BCUT2D eigenvalue weighted by atomic mass is 10.0. The Morgan fingerprint density at radius 3 is 2.59 bits per heavy atom. The fourth-order valence-electron chi connectivity index (χ4n) is 4.20. The van der Waals surface area contributed by atoms with Gasteiger partial charge >= 0.3 is 5.63 Å². The van der Waals surface area contributed by atoms with Crippen molar-refractivity contribution in [1.29, 1.82) is 0 Å². The molecule has 0 radical (unpaired) electrons. The maximum Gasteiger partial charge on any atom is 0.340 e. The van der Waals surface area contributed by atoms with Crippen molar-refractivity contribution in [2.24, 2.45) is 0 Å². The van der Waals surface area contributed by atoms with Crippen LogP contribution in [0.5, 0.6) is 5.75 Å². The van der Waals surface area contributed by atoms with E-state index in [4.69, 9.17) is 9.15 Å². The van der Waals surface area contributed by atoms with Crippen LogP contribution in [-0.4, -0.2) is 60.0 Å². The second-order valence-corrected chi connectivity index (χ2v) is 8.90. The second-order valence-electron chi connectivity index (χ2n) is 8.90. The van der Waals surface area contributed by atoms with E-state index in [-0.39, 0.29) is 12.3 Å². The molecule has 0 atom stereocenters. The zero-order valence-corrected chi connectivity index (χ0v) is 19.9. The van der Waals surface area contributed by atoms with Crippen LogP contribution in [0.1, 0.15) is 23.6 Å². The summed E-state index contributed by atoms with van der Waals surface area (Å²) in [4.78, 5) is 34.0. The van der Waals surface area contributed by atoms with Crippen molar-refractivity contribution in [3.63, 3.8) is 0 Å². The SMILES string of the molecule is C=C(C)COc1ccc2c(C)c(CC(=O)N3CCN(CCc4ccncc4)CC3)c(=O)oc2c1. The second kappa shape index (κ2) is 10.7. The Hall–Kier alpha value is -3.45. The highest BCUT2D eigenvalue weighted by Gasteiger charge is 2.23. The van der Waals surface area contributed by atoms with Crippen molar-refractivity contribution in [2.75, 3.05) is 39.3 Å². The van der Waals surface area contributed by atoms with E-state index in [0.717, 1.165) is 42.6 Å². The average Bonchev–Trinajstić information content (AvgIpc) is 2.84. The number of nitrogens with zero attached hydrogens (tertiary/aromatic N) is 3. The molecule has 1 amide bonds. The molecule has 0 saturated carbocycles. The van der Waals surface area contributed by atoms with E-state index in [2.05, 4.69) is 16.5 Å². The van der Waals surface area contributed by atoms with E-state index in [0.29, 0.717) is 36.6 Å². The van der Waals surface area contributed by atoms with E-state index in [1.165, 1.54) is 5.56 Å². The number of hydrogen-bond donors (Lipinski definition) is 0. The van der Waals surface area contributed by atoms with Crippen molar-refractivity contribution >= 4 is 16.9 Å². The van der Waals surface area contributed by atoms with E-state index in [1.54, 1.807) is 6.07 Å². The van der Waals surface area contributed by atoms with Gasteiger partial charge in [-0.1, -0.05) is 6.58 Å². The minimum absolute atomic E-state index is 0.0371. The highest BCUT2D eigenvalue weighted by atomic mass is 16.5. The average molecular weight is 462 g/mol. The number of aryl methyl sites for hydroxylation is 1. The summed E-state index contributed by atoms with van der Waals surface area (Å²) in [6.07, 6.45) is 4.64. The maximum atomic E-state index is 13.0. The summed E-state index contributed by atoms with van der Waals surface area (Å²) in [6, 6.07) is 9.50. The van der Waals surface area contributed by atoms with Gasteiger partial charge in [-0.3, -0.25) is 14.7 Å². The van der Waals surface area contributed by atoms with Gasteiger partial charge in [0.15, 0.2) is 0 Å². The van der Waals surface area contributed by atoms with Crippen molar-refractivity contribution in [1.82, 2.24) is 14.8 Å². The van der Waals surface area contributed by atoms with Crippen molar-refractivity contribution in [2.45, 2.75) is 26.7 Å². The molecular formula is C27H31N3O4. The van der Waals surface area contributed by atoms with Crippen LogP contribution in [0.4, 0.5) is 0 Å². The first kappa shape index (κ1) is 23.7. The first-order chi connectivity index (χ1) is 16.4. The number of piperazine rings is 1. The third-order valence-electron chi connectivity index (χ3n) is 6.26. The fraction of sp³-hybridized carbons (Fsp3) is 0.370. The number of amides is 1. The van der Waals surface area contributed by atoms with Gasteiger partial charge in [-0.15, -0.1) is 0 Å². The summed E-state index contributed by atoms with van der Waals surface area (Å²) in [5, 5.41) is 0.811. The predicted octanol–water partition coefficient (Wildman–Crippen LogP) is 3.38. The van der Waals surface area contributed by atoms with Crippen LogP contribution in [0.25, 0.3) is 11.0 Å². The van der Waals surface area contributed by atoms with Gasteiger partial charge in [0, 0.05) is 56.6 Å². The molecule has 4 rings (SSSR count). The molecule has 0 spiro atoms. The molecule has 1 aliphatic rings. The van der Waals surface area contributed by atoms with Gasteiger partial charge < -0.3 is 14.1 Å². The molecule has 0 bridgehead atoms. The van der Waals surface area contributed by atoms with Gasteiger partial charge in [0.2, 0.25) is 5.91 Å². The molecule has 34 heavy (non-hydrogen) atoms. The number of benzene rings is 1. The lowest BCUT2D eigenvalue weighted by Gasteiger charge is -2.34. The predicted molar refractivity (Wildman–Crippen MR) is 132 cm³/mol. The number of fused-ring (bicyclic) bond motifs is 1. The number of ether oxygens (including phenoxy) is 1. The van der Waals surface area contributed by atoms with E-state index >= 15 is 0 Å². The molecule has 1 aliphatic heterocycles. The van der Waals surface area contributed by atoms with Gasteiger partial charge in [0.25, 0.3) is 0 Å². The Labute approximate surface area is 199 Å². The molecule has 0 aliphatic carbocycles. The van der Waals surface area contributed by atoms with E-state index in [9.17, 15) is 9.59 Å². The quantitative estimate of drug-likeness (QED) is 0.378. The van der Waals surface area contributed by atoms with Crippen LogP contribution >= 0.6 is 0 Å². The lowest BCUT2D eigenvalue weighted by molar-refractivity contribution is -0.132. The monoisotopic (exact) mass is 461 g/mol.